The second-order valence-electron chi connectivity index (χ2n) is 6.24. The first-order valence-electron chi connectivity index (χ1n) is 8.79. The van der Waals surface area contributed by atoms with E-state index in [9.17, 15) is 0 Å². The largest absolute Gasteiger partial charge is 0.472 e. The van der Waals surface area contributed by atoms with Gasteiger partial charge >= 0.3 is 0 Å². The van der Waals surface area contributed by atoms with Crippen LogP contribution in [0.25, 0.3) is 33.3 Å². The lowest BCUT2D eigenvalue weighted by molar-refractivity contribution is 0.425. The number of hydrogen-bond acceptors (Lipinski definition) is 8. The molecule has 0 bridgehead atoms. The lowest BCUT2D eigenvalue weighted by Gasteiger charge is -2.00. The maximum absolute atomic E-state index is 5.47. The fraction of sp³-hybridized carbons (Fsp3) is 0.100. The van der Waals surface area contributed by atoms with Gasteiger partial charge in [0.1, 0.15) is 0 Å². The Morgan fingerprint density at radius 3 is 2.83 bits per heavy atom. The van der Waals surface area contributed by atoms with Crippen molar-refractivity contribution in [2.24, 2.45) is 7.05 Å². The number of benzene rings is 1. The number of aromatic nitrogens is 5. The summed E-state index contributed by atoms with van der Waals surface area (Å²) in [7, 11) is 1.96. The quantitative estimate of drug-likeness (QED) is 0.351. The summed E-state index contributed by atoms with van der Waals surface area (Å²) >= 11 is 3.17. The van der Waals surface area contributed by atoms with E-state index in [1.54, 1.807) is 23.9 Å². The topological polar surface area (TPSA) is 82.8 Å². The van der Waals surface area contributed by atoms with Crippen molar-refractivity contribution in [1.29, 1.82) is 0 Å². The second kappa shape index (κ2) is 7.69. The Kier molecular flexibility index (Phi) is 4.74. The van der Waals surface area contributed by atoms with Gasteiger partial charge in [0.15, 0.2) is 16.8 Å². The first-order chi connectivity index (χ1) is 14.3. The summed E-state index contributed by atoms with van der Waals surface area (Å²) in [5.74, 6) is 2.50. The van der Waals surface area contributed by atoms with Gasteiger partial charge in [-0.3, -0.25) is 0 Å². The van der Waals surface area contributed by atoms with E-state index in [1.165, 1.54) is 11.8 Å². The molecule has 144 valence electrons. The fourth-order valence-electron chi connectivity index (χ4n) is 2.88. The molecule has 0 saturated carbocycles. The van der Waals surface area contributed by atoms with E-state index < -0.39 is 0 Å². The third-order valence-electron chi connectivity index (χ3n) is 4.34. The molecule has 5 rings (SSSR count). The molecule has 5 aromatic rings. The van der Waals surface area contributed by atoms with Crippen molar-refractivity contribution in [3.05, 3.63) is 66.2 Å². The molecule has 4 heterocycles. The molecule has 0 aliphatic rings. The van der Waals surface area contributed by atoms with Crippen molar-refractivity contribution in [3.8, 4) is 33.3 Å². The van der Waals surface area contributed by atoms with Gasteiger partial charge in [-0.05, 0) is 35.2 Å². The van der Waals surface area contributed by atoms with Crippen molar-refractivity contribution >= 4 is 23.1 Å². The molecular formula is C20H15N5O2S2. The molecule has 0 fully saturated rings. The maximum Gasteiger partial charge on any atom is 0.257 e. The normalized spacial score (nSPS) is 11.2. The zero-order valence-electron chi connectivity index (χ0n) is 15.3. The molecule has 0 N–H and O–H groups in total. The Bertz CT molecular complexity index is 1230. The van der Waals surface area contributed by atoms with Crippen molar-refractivity contribution < 1.29 is 8.94 Å². The molecule has 0 amide bonds. The van der Waals surface area contributed by atoms with Crippen LogP contribution in [0.3, 0.4) is 0 Å². The number of furan rings is 1. The molecule has 1 aromatic carbocycles. The Balaban J connectivity index is 1.31. The van der Waals surface area contributed by atoms with Gasteiger partial charge in [0.2, 0.25) is 0 Å². The minimum atomic E-state index is 0.489. The van der Waals surface area contributed by atoms with Crippen LogP contribution in [-0.2, 0) is 12.8 Å². The van der Waals surface area contributed by atoms with E-state index in [2.05, 4.69) is 20.3 Å². The monoisotopic (exact) mass is 421 g/mol. The van der Waals surface area contributed by atoms with Crippen LogP contribution in [0.2, 0.25) is 0 Å². The third-order valence-corrected chi connectivity index (χ3v) is 6.22. The Labute approximate surface area is 174 Å². The molecule has 0 spiro atoms. The van der Waals surface area contributed by atoms with Gasteiger partial charge in [-0.25, -0.2) is 0 Å². The minimum absolute atomic E-state index is 0.489. The van der Waals surface area contributed by atoms with E-state index in [0.29, 0.717) is 17.5 Å². The van der Waals surface area contributed by atoms with Crippen LogP contribution in [0.4, 0.5) is 0 Å². The van der Waals surface area contributed by atoms with Crippen LogP contribution >= 0.6 is 23.1 Å². The Morgan fingerprint density at radius 2 is 2.00 bits per heavy atom. The number of hydrogen-bond donors (Lipinski definition) is 0. The highest BCUT2D eigenvalue weighted by Crippen LogP contribution is 2.29. The molecule has 0 aliphatic heterocycles. The van der Waals surface area contributed by atoms with Gasteiger partial charge in [-0.2, -0.15) is 4.98 Å². The Hall–Kier alpha value is -3.17. The first kappa shape index (κ1) is 17.9. The van der Waals surface area contributed by atoms with Gasteiger partial charge in [-0.15, -0.1) is 21.5 Å². The second-order valence-corrected chi connectivity index (χ2v) is 8.13. The maximum atomic E-state index is 5.47. The van der Waals surface area contributed by atoms with E-state index in [-0.39, 0.29) is 0 Å². The van der Waals surface area contributed by atoms with Crippen LogP contribution < -0.4 is 0 Å². The van der Waals surface area contributed by atoms with Gasteiger partial charge in [0.05, 0.1) is 23.2 Å². The highest BCUT2D eigenvalue weighted by atomic mass is 32.2. The first-order valence-corrected chi connectivity index (χ1v) is 10.7. The summed E-state index contributed by atoms with van der Waals surface area (Å²) in [6, 6.07) is 13.9. The molecule has 0 aliphatic carbocycles. The van der Waals surface area contributed by atoms with E-state index in [1.807, 2.05) is 59.5 Å². The van der Waals surface area contributed by atoms with Gasteiger partial charge < -0.3 is 13.5 Å². The number of nitrogens with zero attached hydrogens (tertiary/aromatic N) is 5. The Morgan fingerprint density at radius 1 is 1.07 bits per heavy atom. The highest BCUT2D eigenvalue weighted by molar-refractivity contribution is 7.98. The number of thiophene rings is 1. The summed E-state index contributed by atoms with van der Waals surface area (Å²) in [6.45, 7) is 0. The average molecular weight is 422 g/mol. The van der Waals surface area contributed by atoms with Crippen LogP contribution in [0.5, 0.6) is 0 Å². The summed E-state index contributed by atoms with van der Waals surface area (Å²) in [5, 5.41) is 15.5. The highest BCUT2D eigenvalue weighted by Gasteiger charge is 2.15. The molecule has 0 saturated heterocycles. The zero-order chi connectivity index (χ0) is 19.6. The van der Waals surface area contributed by atoms with Gasteiger partial charge in [-0.1, -0.05) is 35.1 Å². The van der Waals surface area contributed by atoms with Crippen LogP contribution in [-0.4, -0.2) is 24.9 Å². The summed E-state index contributed by atoms with van der Waals surface area (Å²) in [4.78, 5) is 5.62. The SMILES string of the molecule is Cn1c(SCc2noc(-c3cccc(-c4ccoc4)c3)n2)nnc1-c1cccs1. The van der Waals surface area contributed by atoms with E-state index in [4.69, 9.17) is 8.94 Å². The smallest absolute Gasteiger partial charge is 0.257 e. The molecule has 0 radical (unpaired) electrons. The molecule has 7 nitrogen and oxygen atoms in total. The van der Waals surface area contributed by atoms with Crippen LogP contribution in [0, 0.1) is 0 Å². The van der Waals surface area contributed by atoms with Crippen LogP contribution in [0.1, 0.15) is 5.82 Å². The molecule has 29 heavy (non-hydrogen) atoms. The predicted octanol–water partition coefficient (Wildman–Crippen LogP) is 5.15. The fourth-order valence-corrected chi connectivity index (χ4v) is 4.38. The summed E-state index contributed by atoms with van der Waals surface area (Å²) in [5.41, 5.74) is 2.91. The summed E-state index contributed by atoms with van der Waals surface area (Å²) in [6.07, 6.45) is 3.36. The third kappa shape index (κ3) is 3.62. The average Bonchev–Trinajstić information content (AvgIpc) is 3.54. The van der Waals surface area contributed by atoms with Crippen molar-refractivity contribution in [2.45, 2.75) is 10.9 Å². The van der Waals surface area contributed by atoms with E-state index >= 15 is 0 Å². The van der Waals surface area contributed by atoms with Gasteiger partial charge in [0.25, 0.3) is 5.89 Å². The van der Waals surface area contributed by atoms with Gasteiger partial charge in [0, 0.05) is 18.2 Å². The van der Waals surface area contributed by atoms with Crippen molar-refractivity contribution in [2.75, 3.05) is 0 Å². The van der Waals surface area contributed by atoms with Crippen molar-refractivity contribution in [1.82, 2.24) is 24.9 Å². The molecular weight excluding hydrogens is 406 g/mol. The molecule has 0 unspecified atom stereocenters. The van der Waals surface area contributed by atoms with Crippen molar-refractivity contribution in [3.63, 3.8) is 0 Å². The van der Waals surface area contributed by atoms with Crippen LogP contribution in [0.15, 0.2) is 74.5 Å². The molecule has 4 aromatic heterocycles. The number of thioether (sulfide) groups is 1. The number of rotatable bonds is 6. The molecule has 0 atom stereocenters. The lowest BCUT2D eigenvalue weighted by Crippen LogP contribution is -1.94. The summed E-state index contributed by atoms with van der Waals surface area (Å²) < 4.78 is 12.6. The molecule has 9 heteroatoms. The zero-order valence-corrected chi connectivity index (χ0v) is 17.0. The standard InChI is InChI=1S/C20H15N5O2S2/c1-25-18(16-6-3-9-28-16)22-23-20(25)29-12-17-21-19(27-24-17)14-5-2-4-13(10-14)15-7-8-26-11-15/h2-11H,12H2,1H3. The predicted molar refractivity (Wildman–Crippen MR) is 111 cm³/mol. The minimum Gasteiger partial charge on any atom is -0.472 e. The van der Waals surface area contributed by atoms with E-state index in [0.717, 1.165) is 32.5 Å². The lowest BCUT2D eigenvalue weighted by atomic mass is 10.1.